The Kier molecular flexibility index (Phi) is 5.25. The molecule has 0 aromatic heterocycles. The Hall–Kier alpha value is -2.26. The molecule has 32 heavy (non-hydrogen) atoms. The van der Waals surface area contributed by atoms with Crippen molar-refractivity contribution in [3.8, 4) is 22.3 Å². The van der Waals surface area contributed by atoms with E-state index in [9.17, 15) is 0 Å². The van der Waals surface area contributed by atoms with Gasteiger partial charge in [-0.3, -0.25) is 0 Å². The van der Waals surface area contributed by atoms with Crippen LogP contribution in [-0.4, -0.2) is 13.3 Å². The van der Waals surface area contributed by atoms with Crippen molar-refractivity contribution in [1.29, 1.82) is 0 Å². The van der Waals surface area contributed by atoms with E-state index in [4.69, 9.17) is 0 Å². The highest BCUT2D eigenvalue weighted by Gasteiger charge is 2.39. The van der Waals surface area contributed by atoms with Gasteiger partial charge >= 0.3 is 0 Å². The van der Waals surface area contributed by atoms with Crippen LogP contribution in [0.2, 0.25) is 0 Å². The van der Waals surface area contributed by atoms with E-state index >= 15 is 0 Å². The zero-order valence-electron chi connectivity index (χ0n) is 18.7. The molecule has 4 aromatic rings. The summed E-state index contributed by atoms with van der Waals surface area (Å²) in [5.74, 6) is 0. The third kappa shape index (κ3) is 3.28. The predicted molar refractivity (Wildman–Crippen MR) is 142 cm³/mol. The first-order chi connectivity index (χ1) is 15.7. The minimum atomic E-state index is -0.200. The number of hydrogen-bond donors (Lipinski definition) is 0. The summed E-state index contributed by atoms with van der Waals surface area (Å²) in [6.07, 6.45) is 2.42. The minimum Gasteiger partial charge on any atom is -0.0967 e. The second-order valence-corrected chi connectivity index (χ2v) is 14.0. The molecule has 0 bridgehead atoms. The molecule has 0 saturated carbocycles. The zero-order valence-corrected chi connectivity index (χ0v) is 20.5. The molecular weight excluding hydrogens is 422 g/mol. The van der Waals surface area contributed by atoms with Crippen LogP contribution >= 0.6 is 15.8 Å². The second kappa shape index (κ2) is 8.26. The summed E-state index contributed by atoms with van der Waals surface area (Å²) >= 11 is 0. The molecule has 2 aliphatic rings. The first-order valence-electron chi connectivity index (χ1n) is 11.5. The summed E-state index contributed by atoms with van der Waals surface area (Å²) in [7, 11) is -0.401. The highest BCUT2D eigenvalue weighted by Crippen LogP contribution is 2.71. The maximum absolute atomic E-state index is 2.56. The Labute approximate surface area is 194 Å². The van der Waals surface area contributed by atoms with E-state index in [0.29, 0.717) is 11.3 Å². The molecule has 6 rings (SSSR count). The molecule has 0 fully saturated rings. The maximum Gasteiger partial charge on any atom is 0.0157 e. The van der Waals surface area contributed by atoms with Crippen LogP contribution in [0.5, 0.6) is 0 Å². The summed E-state index contributed by atoms with van der Waals surface area (Å²) in [6, 6.07) is 36.8. The lowest BCUT2D eigenvalue weighted by Gasteiger charge is -2.36. The minimum absolute atomic E-state index is 0.200. The lowest BCUT2D eigenvalue weighted by molar-refractivity contribution is 0.881. The van der Waals surface area contributed by atoms with Crippen molar-refractivity contribution in [3.63, 3.8) is 0 Å². The van der Waals surface area contributed by atoms with Crippen molar-refractivity contribution in [2.24, 2.45) is 0 Å². The van der Waals surface area contributed by atoms with Crippen LogP contribution in [0.3, 0.4) is 0 Å². The lowest BCUT2D eigenvalue weighted by atomic mass is 9.89. The molecule has 3 unspecified atom stereocenters. The Morgan fingerprint density at radius 2 is 0.812 bits per heavy atom. The van der Waals surface area contributed by atoms with E-state index in [1.165, 1.54) is 45.7 Å². The van der Waals surface area contributed by atoms with Gasteiger partial charge in [-0.05, 0) is 70.2 Å². The highest BCUT2D eigenvalue weighted by atomic mass is 31.1. The van der Waals surface area contributed by atoms with Crippen LogP contribution in [0.15, 0.2) is 97.1 Å². The van der Waals surface area contributed by atoms with Gasteiger partial charge in [-0.25, -0.2) is 0 Å². The van der Waals surface area contributed by atoms with Gasteiger partial charge in [-0.15, -0.1) is 0 Å². The van der Waals surface area contributed by atoms with Crippen LogP contribution in [0.1, 0.15) is 33.6 Å². The van der Waals surface area contributed by atoms with Gasteiger partial charge < -0.3 is 0 Å². The Morgan fingerprint density at radius 3 is 1.25 bits per heavy atom. The van der Waals surface area contributed by atoms with Gasteiger partial charge in [-0.2, -0.15) is 0 Å². The van der Waals surface area contributed by atoms with Gasteiger partial charge in [0.05, 0.1) is 0 Å². The summed E-state index contributed by atoms with van der Waals surface area (Å²) < 4.78 is 0. The number of hydrogen-bond acceptors (Lipinski definition) is 0. The lowest BCUT2D eigenvalue weighted by Crippen LogP contribution is -2.10. The fraction of sp³-hybridized carbons (Fsp3) is 0.200. The molecule has 0 aliphatic carbocycles. The molecule has 158 valence electrons. The van der Waals surface area contributed by atoms with Crippen LogP contribution in [0.4, 0.5) is 0 Å². The number of benzene rings is 4. The van der Waals surface area contributed by atoms with Gasteiger partial charge in [-0.1, -0.05) is 113 Å². The molecule has 0 nitrogen and oxygen atoms in total. The smallest absolute Gasteiger partial charge is 0.0157 e. The maximum atomic E-state index is 2.56. The molecule has 2 aliphatic heterocycles. The first kappa shape index (κ1) is 20.4. The van der Waals surface area contributed by atoms with Gasteiger partial charge in [0.2, 0.25) is 0 Å². The van der Waals surface area contributed by atoms with Gasteiger partial charge in [0.1, 0.15) is 0 Å². The Bertz CT molecular complexity index is 1190. The van der Waals surface area contributed by atoms with Crippen molar-refractivity contribution in [3.05, 3.63) is 119 Å². The molecular formula is C30H28P2. The van der Waals surface area contributed by atoms with Gasteiger partial charge in [0.25, 0.3) is 0 Å². The zero-order chi connectivity index (χ0) is 21.7. The first-order valence-corrected chi connectivity index (χ1v) is 15.6. The number of fused-ring (bicyclic) bond motifs is 6. The molecule has 0 amide bonds. The largest absolute Gasteiger partial charge is 0.0967 e. The summed E-state index contributed by atoms with van der Waals surface area (Å²) in [4.78, 5) is 0. The predicted octanol–water partition coefficient (Wildman–Crippen LogP) is 9.05. The van der Waals surface area contributed by atoms with E-state index in [2.05, 4.69) is 110 Å². The fourth-order valence-corrected chi connectivity index (χ4v) is 11.9. The van der Waals surface area contributed by atoms with Crippen molar-refractivity contribution in [2.75, 3.05) is 13.3 Å². The topological polar surface area (TPSA) is 0 Å². The molecule has 0 saturated heterocycles. The van der Waals surface area contributed by atoms with E-state index in [0.717, 1.165) is 0 Å². The fourth-order valence-electron chi connectivity index (χ4n) is 5.87. The van der Waals surface area contributed by atoms with Crippen LogP contribution in [0.25, 0.3) is 22.3 Å². The van der Waals surface area contributed by atoms with Crippen molar-refractivity contribution in [2.45, 2.75) is 23.6 Å². The average Bonchev–Trinajstić information content (AvgIpc) is 3.02. The van der Waals surface area contributed by atoms with Crippen LogP contribution < -0.4 is 0 Å². The van der Waals surface area contributed by atoms with Crippen molar-refractivity contribution >= 4 is 15.8 Å². The standard InChI is InChI=1S/C30H28P2/c1-31-19-21-11-3-5-13-23(21)25-15-7-9-17-27(25)29(31)30-28-18-10-8-16-26(28)24-14-6-4-12-22(24)20-32(30)2/h3-18,29-30H,19-20H2,1-2H3/t29-,30?,31?,32?/m1/s1. The third-order valence-corrected chi connectivity index (χ3v) is 12.2. The Balaban J connectivity index is 1.58. The molecule has 0 N–H and O–H groups in total. The normalized spacial score (nSPS) is 23.7. The molecule has 2 heterocycles. The van der Waals surface area contributed by atoms with Crippen LogP contribution in [0, 0.1) is 0 Å². The van der Waals surface area contributed by atoms with E-state index in [1.54, 1.807) is 11.1 Å². The van der Waals surface area contributed by atoms with Gasteiger partial charge in [0.15, 0.2) is 0 Å². The van der Waals surface area contributed by atoms with E-state index in [-0.39, 0.29) is 15.8 Å². The van der Waals surface area contributed by atoms with Crippen molar-refractivity contribution in [1.82, 2.24) is 0 Å². The summed E-state index contributed by atoms with van der Waals surface area (Å²) in [6.45, 7) is 5.12. The van der Waals surface area contributed by atoms with E-state index in [1.807, 2.05) is 0 Å². The quantitative estimate of drug-likeness (QED) is 0.254. The molecule has 2 heteroatoms. The van der Waals surface area contributed by atoms with E-state index < -0.39 is 0 Å². The molecule has 0 radical (unpaired) electrons. The highest BCUT2D eigenvalue weighted by molar-refractivity contribution is 7.60. The second-order valence-electron chi connectivity index (χ2n) is 9.21. The Morgan fingerprint density at radius 1 is 0.469 bits per heavy atom. The summed E-state index contributed by atoms with van der Waals surface area (Å²) in [5.41, 5.74) is 13.2. The molecule has 4 atom stereocenters. The average molecular weight is 451 g/mol. The number of rotatable bonds is 1. The summed E-state index contributed by atoms with van der Waals surface area (Å²) in [5, 5.41) is 0. The van der Waals surface area contributed by atoms with Gasteiger partial charge in [0, 0.05) is 11.3 Å². The third-order valence-electron chi connectivity index (χ3n) is 7.26. The van der Waals surface area contributed by atoms with Crippen molar-refractivity contribution < 1.29 is 0 Å². The molecule has 4 aromatic carbocycles. The monoisotopic (exact) mass is 450 g/mol. The van der Waals surface area contributed by atoms with Crippen LogP contribution in [-0.2, 0) is 12.3 Å². The SMILES string of the molecule is CP1Cc2ccccc2-c2ccccc2C1[C@H]1c2ccccc2-c2ccccc2CP1C. The molecule has 0 spiro atoms.